The summed E-state index contributed by atoms with van der Waals surface area (Å²) >= 11 is 0. The Bertz CT molecular complexity index is 341. The van der Waals surface area contributed by atoms with Gasteiger partial charge in [-0.05, 0) is 24.3 Å². The van der Waals surface area contributed by atoms with E-state index in [9.17, 15) is 4.79 Å². The standard InChI is InChI=1S/C13H16O/c1-2-10-7-8-13(14)12-6-4-3-5-11(12)9-10/h3-6,10H,2,7-9H2,1H3. The van der Waals surface area contributed by atoms with Crippen LogP contribution in [0.5, 0.6) is 0 Å². The van der Waals surface area contributed by atoms with Crippen LogP contribution in [0.4, 0.5) is 0 Å². The van der Waals surface area contributed by atoms with Crippen molar-refractivity contribution in [2.45, 2.75) is 32.6 Å². The molecule has 0 aliphatic heterocycles. The highest BCUT2D eigenvalue weighted by atomic mass is 16.1. The van der Waals surface area contributed by atoms with Crippen molar-refractivity contribution in [3.63, 3.8) is 0 Å². The number of carbonyl (C=O) groups excluding carboxylic acids is 1. The van der Waals surface area contributed by atoms with Crippen LogP contribution in [0.15, 0.2) is 24.3 Å². The summed E-state index contributed by atoms with van der Waals surface area (Å²) in [6.07, 6.45) is 4.06. The van der Waals surface area contributed by atoms with E-state index >= 15 is 0 Å². The lowest BCUT2D eigenvalue weighted by Crippen LogP contribution is -2.00. The number of carbonyl (C=O) groups is 1. The van der Waals surface area contributed by atoms with E-state index in [-0.39, 0.29) is 0 Å². The fourth-order valence-corrected chi connectivity index (χ4v) is 2.20. The maximum atomic E-state index is 11.8. The van der Waals surface area contributed by atoms with Crippen LogP contribution in [0, 0.1) is 5.92 Å². The van der Waals surface area contributed by atoms with Crippen molar-refractivity contribution in [3.8, 4) is 0 Å². The molecular weight excluding hydrogens is 172 g/mol. The van der Waals surface area contributed by atoms with Crippen LogP contribution in [0.1, 0.15) is 42.1 Å². The maximum absolute atomic E-state index is 11.8. The largest absolute Gasteiger partial charge is 0.294 e. The van der Waals surface area contributed by atoms with Gasteiger partial charge < -0.3 is 0 Å². The molecule has 0 spiro atoms. The first kappa shape index (κ1) is 9.45. The average Bonchev–Trinajstić information content (AvgIpc) is 2.39. The van der Waals surface area contributed by atoms with Crippen LogP contribution in [0.3, 0.4) is 0 Å². The molecular formula is C13H16O. The van der Waals surface area contributed by atoms with Gasteiger partial charge in [-0.25, -0.2) is 0 Å². The number of ketones is 1. The number of benzene rings is 1. The fourth-order valence-electron chi connectivity index (χ4n) is 2.20. The molecule has 2 rings (SSSR count). The molecule has 1 aromatic rings. The van der Waals surface area contributed by atoms with Gasteiger partial charge in [0.05, 0.1) is 0 Å². The van der Waals surface area contributed by atoms with Crippen molar-refractivity contribution in [2.75, 3.05) is 0 Å². The first-order chi connectivity index (χ1) is 6.81. The van der Waals surface area contributed by atoms with Gasteiger partial charge in [-0.1, -0.05) is 37.6 Å². The SMILES string of the molecule is CCC1CCC(=O)c2ccccc2C1. The molecule has 0 N–H and O–H groups in total. The number of hydrogen-bond donors (Lipinski definition) is 0. The summed E-state index contributed by atoms with van der Waals surface area (Å²) in [5, 5.41) is 0. The van der Waals surface area contributed by atoms with E-state index in [1.54, 1.807) is 0 Å². The topological polar surface area (TPSA) is 17.1 Å². The smallest absolute Gasteiger partial charge is 0.163 e. The molecule has 1 aromatic carbocycles. The number of rotatable bonds is 1. The molecule has 1 aliphatic carbocycles. The van der Waals surface area contributed by atoms with E-state index in [0.717, 1.165) is 24.8 Å². The van der Waals surface area contributed by atoms with Gasteiger partial charge >= 0.3 is 0 Å². The Balaban J connectivity index is 2.36. The normalized spacial score (nSPS) is 21.5. The van der Waals surface area contributed by atoms with Gasteiger partial charge in [0.15, 0.2) is 5.78 Å². The molecule has 1 atom stereocenters. The minimum Gasteiger partial charge on any atom is -0.294 e. The fraction of sp³-hybridized carbons (Fsp3) is 0.462. The number of Topliss-reactive ketones (excluding diaryl/α,β-unsaturated/α-hetero) is 1. The van der Waals surface area contributed by atoms with Crippen molar-refractivity contribution >= 4 is 5.78 Å². The minimum absolute atomic E-state index is 0.330. The van der Waals surface area contributed by atoms with E-state index in [0.29, 0.717) is 11.7 Å². The van der Waals surface area contributed by atoms with Gasteiger partial charge in [-0.3, -0.25) is 4.79 Å². The third kappa shape index (κ3) is 1.72. The highest BCUT2D eigenvalue weighted by molar-refractivity contribution is 5.97. The Labute approximate surface area is 85.1 Å². The molecule has 0 bridgehead atoms. The molecule has 0 saturated heterocycles. The van der Waals surface area contributed by atoms with Gasteiger partial charge in [0.1, 0.15) is 0 Å². The average molecular weight is 188 g/mol. The zero-order valence-corrected chi connectivity index (χ0v) is 8.62. The zero-order valence-electron chi connectivity index (χ0n) is 8.62. The van der Waals surface area contributed by atoms with Gasteiger partial charge in [-0.15, -0.1) is 0 Å². The van der Waals surface area contributed by atoms with Gasteiger partial charge in [0, 0.05) is 12.0 Å². The van der Waals surface area contributed by atoms with Crippen molar-refractivity contribution < 1.29 is 4.79 Å². The van der Waals surface area contributed by atoms with Crippen molar-refractivity contribution in [1.82, 2.24) is 0 Å². The quantitative estimate of drug-likeness (QED) is 0.618. The summed E-state index contributed by atoms with van der Waals surface area (Å²) < 4.78 is 0. The Morgan fingerprint density at radius 1 is 1.36 bits per heavy atom. The van der Waals surface area contributed by atoms with E-state index in [2.05, 4.69) is 13.0 Å². The Hall–Kier alpha value is -1.11. The lowest BCUT2D eigenvalue weighted by Gasteiger charge is -2.10. The molecule has 14 heavy (non-hydrogen) atoms. The van der Waals surface area contributed by atoms with E-state index in [1.165, 1.54) is 12.0 Å². The second-order valence-corrected chi connectivity index (χ2v) is 4.10. The molecule has 0 amide bonds. The summed E-state index contributed by atoms with van der Waals surface area (Å²) in [6, 6.07) is 8.06. The summed E-state index contributed by atoms with van der Waals surface area (Å²) in [7, 11) is 0. The molecule has 1 heteroatoms. The third-order valence-corrected chi connectivity index (χ3v) is 3.18. The zero-order chi connectivity index (χ0) is 9.97. The van der Waals surface area contributed by atoms with Crippen molar-refractivity contribution in [1.29, 1.82) is 0 Å². The van der Waals surface area contributed by atoms with Crippen LogP contribution in [-0.2, 0) is 6.42 Å². The van der Waals surface area contributed by atoms with Crippen LogP contribution in [-0.4, -0.2) is 5.78 Å². The van der Waals surface area contributed by atoms with E-state index in [4.69, 9.17) is 0 Å². The molecule has 0 fully saturated rings. The van der Waals surface area contributed by atoms with Crippen LogP contribution in [0.2, 0.25) is 0 Å². The van der Waals surface area contributed by atoms with Gasteiger partial charge in [0.25, 0.3) is 0 Å². The number of fused-ring (bicyclic) bond motifs is 1. The monoisotopic (exact) mass is 188 g/mol. The first-order valence-corrected chi connectivity index (χ1v) is 5.42. The molecule has 1 nitrogen and oxygen atoms in total. The molecule has 1 aliphatic rings. The van der Waals surface area contributed by atoms with E-state index < -0.39 is 0 Å². The Morgan fingerprint density at radius 3 is 2.93 bits per heavy atom. The highest BCUT2D eigenvalue weighted by Crippen LogP contribution is 2.26. The number of hydrogen-bond acceptors (Lipinski definition) is 1. The summed E-state index contributed by atoms with van der Waals surface area (Å²) in [6.45, 7) is 2.21. The second-order valence-electron chi connectivity index (χ2n) is 4.10. The van der Waals surface area contributed by atoms with Crippen molar-refractivity contribution in [3.05, 3.63) is 35.4 Å². The lowest BCUT2D eigenvalue weighted by molar-refractivity contribution is 0.0978. The van der Waals surface area contributed by atoms with Crippen LogP contribution >= 0.6 is 0 Å². The summed E-state index contributed by atoms with van der Waals surface area (Å²) in [5.74, 6) is 1.03. The van der Waals surface area contributed by atoms with Crippen molar-refractivity contribution in [2.24, 2.45) is 5.92 Å². The molecule has 74 valence electrons. The second kappa shape index (κ2) is 3.95. The third-order valence-electron chi connectivity index (χ3n) is 3.18. The van der Waals surface area contributed by atoms with Crippen LogP contribution in [0.25, 0.3) is 0 Å². The molecule has 0 heterocycles. The highest BCUT2D eigenvalue weighted by Gasteiger charge is 2.19. The lowest BCUT2D eigenvalue weighted by atomic mass is 9.95. The maximum Gasteiger partial charge on any atom is 0.163 e. The van der Waals surface area contributed by atoms with Crippen LogP contribution < -0.4 is 0 Å². The predicted octanol–water partition coefficient (Wildman–Crippen LogP) is 3.23. The minimum atomic E-state index is 0.330. The van der Waals surface area contributed by atoms with Gasteiger partial charge in [0.2, 0.25) is 0 Å². The summed E-state index contributed by atoms with van der Waals surface area (Å²) in [4.78, 5) is 11.8. The first-order valence-electron chi connectivity index (χ1n) is 5.42. The van der Waals surface area contributed by atoms with Gasteiger partial charge in [-0.2, -0.15) is 0 Å². The molecule has 0 radical (unpaired) electrons. The van der Waals surface area contributed by atoms with E-state index in [1.807, 2.05) is 18.2 Å². The molecule has 0 saturated carbocycles. The summed E-state index contributed by atoms with van der Waals surface area (Å²) in [5.41, 5.74) is 2.21. The molecule has 1 unspecified atom stereocenters. The molecule has 0 aromatic heterocycles. The Kier molecular flexibility index (Phi) is 2.67. The predicted molar refractivity (Wildman–Crippen MR) is 57.5 cm³/mol. The Morgan fingerprint density at radius 2 is 2.14 bits per heavy atom.